The van der Waals surface area contributed by atoms with Crippen molar-refractivity contribution >= 4 is 46.5 Å². The largest absolute Gasteiger partial charge is 0.363 e. The first-order valence-corrected chi connectivity index (χ1v) is 10.5. The van der Waals surface area contributed by atoms with Crippen LogP contribution in [0.4, 0.5) is 0 Å². The SMILES string of the molecule is CSCCCNC(=S)N(C)[C@]1(c2ccccc2Cl)CCCCC1=O. The molecule has 0 radical (unpaired) electrons. The van der Waals surface area contributed by atoms with Gasteiger partial charge in [0.15, 0.2) is 10.9 Å². The quantitative estimate of drug-likeness (QED) is 0.585. The summed E-state index contributed by atoms with van der Waals surface area (Å²) in [6, 6.07) is 7.64. The molecule has 132 valence electrons. The summed E-state index contributed by atoms with van der Waals surface area (Å²) in [4.78, 5) is 14.9. The summed E-state index contributed by atoms with van der Waals surface area (Å²) < 4.78 is 0. The summed E-state index contributed by atoms with van der Waals surface area (Å²) in [6.07, 6.45) is 6.40. The molecule has 1 aliphatic carbocycles. The highest BCUT2D eigenvalue weighted by Crippen LogP contribution is 2.42. The Balaban J connectivity index is 2.28. The van der Waals surface area contributed by atoms with Gasteiger partial charge in [-0.1, -0.05) is 29.8 Å². The maximum absolute atomic E-state index is 13.0. The predicted octanol–water partition coefficient (Wildman–Crippen LogP) is 4.24. The zero-order valence-electron chi connectivity index (χ0n) is 14.3. The third-order valence-corrected chi connectivity index (χ3v) is 6.10. The van der Waals surface area contributed by atoms with Gasteiger partial charge in [0, 0.05) is 30.6 Å². The van der Waals surface area contributed by atoms with Crippen LogP contribution in [0.25, 0.3) is 0 Å². The van der Waals surface area contributed by atoms with E-state index in [9.17, 15) is 4.79 Å². The molecular weight excluding hydrogens is 360 g/mol. The van der Waals surface area contributed by atoms with Crippen molar-refractivity contribution < 1.29 is 4.79 Å². The second-order valence-electron chi connectivity index (χ2n) is 6.11. The number of hydrogen-bond acceptors (Lipinski definition) is 3. The molecule has 0 heterocycles. The van der Waals surface area contributed by atoms with Gasteiger partial charge in [-0.3, -0.25) is 4.79 Å². The molecule has 0 spiro atoms. The Kier molecular flexibility index (Phi) is 7.38. The van der Waals surface area contributed by atoms with Crippen LogP contribution in [0, 0.1) is 0 Å². The predicted molar refractivity (Wildman–Crippen MR) is 108 cm³/mol. The van der Waals surface area contributed by atoms with Gasteiger partial charge in [-0.05, 0) is 56.0 Å². The number of thioether (sulfide) groups is 1. The molecule has 0 amide bonds. The van der Waals surface area contributed by atoms with Crippen molar-refractivity contribution in [2.75, 3.05) is 25.6 Å². The molecule has 0 bridgehead atoms. The van der Waals surface area contributed by atoms with Crippen molar-refractivity contribution in [3.05, 3.63) is 34.9 Å². The Morgan fingerprint density at radius 2 is 2.17 bits per heavy atom. The Labute approximate surface area is 159 Å². The molecule has 24 heavy (non-hydrogen) atoms. The lowest BCUT2D eigenvalue weighted by Crippen LogP contribution is -2.56. The summed E-state index contributed by atoms with van der Waals surface area (Å²) in [5.41, 5.74) is 0.118. The van der Waals surface area contributed by atoms with Crippen LogP contribution in [0.2, 0.25) is 5.02 Å². The van der Waals surface area contributed by atoms with Gasteiger partial charge in [0.1, 0.15) is 5.54 Å². The van der Waals surface area contributed by atoms with Crippen LogP contribution in [0.5, 0.6) is 0 Å². The fourth-order valence-corrected chi connectivity index (χ4v) is 4.32. The molecule has 1 aromatic carbocycles. The fraction of sp³-hybridized carbons (Fsp3) is 0.556. The van der Waals surface area contributed by atoms with E-state index in [1.165, 1.54) is 0 Å². The minimum Gasteiger partial charge on any atom is -0.363 e. The summed E-state index contributed by atoms with van der Waals surface area (Å²) in [6.45, 7) is 0.816. The van der Waals surface area contributed by atoms with Gasteiger partial charge in [-0.15, -0.1) is 0 Å². The summed E-state index contributed by atoms with van der Waals surface area (Å²) in [5, 5.41) is 4.54. The fourth-order valence-electron chi connectivity index (χ4n) is 3.33. The van der Waals surface area contributed by atoms with Crippen LogP contribution in [0.3, 0.4) is 0 Å². The Morgan fingerprint density at radius 1 is 1.42 bits per heavy atom. The van der Waals surface area contributed by atoms with Crippen LogP contribution in [-0.4, -0.2) is 41.4 Å². The van der Waals surface area contributed by atoms with Gasteiger partial charge >= 0.3 is 0 Å². The maximum atomic E-state index is 13.0. The molecule has 1 aliphatic rings. The lowest BCUT2D eigenvalue weighted by molar-refractivity contribution is -0.131. The zero-order chi connectivity index (χ0) is 17.6. The Bertz CT molecular complexity index is 596. The summed E-state index contributed by atoms with van der Waals surface area (Å²) in [5.74, 6) is 1.30. The highest BCUT2D eigenvalue weighted by atomic mass is 35.5. The van der Waals surface area contributed by atoms with E-state index >= 15 is 0 Å². The number of Topliss-reactive ketones (excluding diaryl/α,β-unsaturated/α-hetero) is 1. The topological polar surface area (TPSA) is 32.3 Å². The zero-order valence-corrected chi connectivity index (χ0v) is 16.7. The number of carbonyl (C=O) groups is 1. The number of ketones is 1. The number of hydrogen-bond donors (Lipinski definition) is 1. The number of thiocarbonyl (C=S) groups is 1. The first-order valence-electron chi connectivity index (χ1n) is 8.33. The molecule has 1 aromatic rings. The number of halogens is 1. The van der Waals surface area contributed by atoms with Crippen molar-refractivity contribution in [2.45, 2.75) is 37.6 Å². The smallest absolute Gasteiger partial charge is 0.169 e. The van der Waals surface area contributed by atoms with Gasteiger partial charge in [0.2, 0.25) is 0 Å². The molecule has 1 saturated carbocycles. The third-order valence-electron chi connectivity index (χ3n) is 4.65. The van der Waals surface area contributed by atoms with Crippen molar-refractivity contribution in [3.8, 4) is 0 Å². The molecule has 1 N–H and O–H groups in total. The standard InChI is InChI=1S/C18H25ClN2OS2/c1-21(17(23)20-12-7-13-24-2)18(11-6-5-10-16(18)22)14-8-3-4-9-15(14)19/h3-4,8-9H,5-7,10-13H2,1-2H3,(H,20,23)/t18-/m0/s1. The lowest BCUT2D eigenvalue weighted by Gasteiger charge is -2.45. The van der Waals surface area contributed by atoms with Crippen molar-refractivity contribution in [1.82, 2.24) is 10.2 Å². The molecule has 2 rings (SSSR count). The average molecular weight is 385 g/mol. The highest BCUT2D eigenvalue weighted by Gasteiger charge is 2.46. The molecule has 6 heteroatoms. The van der Waals surface area contributed by atoms with Gasteiger partial charge in [-0.25, -0.2) is 0 Å². The van der Waals surface area contributed by atoms with E-state index in [0.717, 1.165) is 43.5 Å². The second kappa shape index (κ2) is 9.07. The van der Waals surface area contributed by atoms with E-state index in [1.807, 2.05) is 48.0 Å². The summed E-state index contributed by atoms with van der Waals surface area (Å²) in [7, 11) is 1.91. The molecule has 0 unspecified atom stereocenters. The molecular formula is C18H25ClN2OS2. The molecule has 0 aliphatic heterocycles. The van der Waals surface area contributed by atoms with Crippen LogP contribution >= 0.6 is 35.6 Å². The monoisotopic (exact) mass is 384 g/mol. The third kappa shape index (κ3) is 4.06. The average Bonchev–Trinajstić information content (AvgIpc) is 2.59. The van der Waals surface area contributed by atoms with Crippen LogP contribution in [0.1, 0.15) is 37.7 Å². The van der Waals surface area contributed by atoms with Crippen LogP contribution in [0.15, 0.2) is 24.3 Å². The van der Waals surface area contributed by atoms with E-state index in [0.29, 0.717) is 16.6 Å². The molecule has 3 nitrogen and oxygen atoms in total. The minimum absolute atomic E-state index is 0.206. The van der Waals surface area contributed by atoms with E-state index in [2.05, 4.69) is 11.6 Å². The number of nitrogens with one attached hydrogen (secondary N) is 1. The van der Waals surface area contributed by atoms with Crippen LogP contribution in [-0.2, 0) is 10.3 Å². The van der Waals surface area contributed by atoms with Crippen molar-refractivity contribution in [1.29, 1.82) is 0 Å². The first-order chi connectivity index (χ1) is 11.5. The number of carbonyl (C=O) groups excluding carboxylic acids is 1. The molecule has 0 aromatic heterocycles. The highest BCUT2D eigenvalue weighted by molar-refractivity contribution is 7.98. The first kappa shape index (κ1) is 19.5. The van der Waals surface area contributed by atoms with Crippen molar-refractivity contribution in [2.24, 2.45) is 0 Å². The van der Waals surface area contributed by atoms with E-state index in [-0.39, 0.29) is 5.78 Å². The minimum atomic E-state index is -0.750. The molecule has 0 saturated heterocycles. The lowest BCUT2D eigenvalue weighted by atomic mass is 9.74. The number of benzene rings is 1. The Morgan fingerprint density at radius 3 is 2.83 bits per heavy atom. The summed E-state index contributed by atoms with van der Waals surface area (Å²) >= 11 is 13.9. The maximum Gasteiger partial charge on any atom is 0.169 e. The number of rotatable bonds is 6. The second-order valence-corrected chi connectivity index (χ2v) is 7.89. The molecule has 1 fully saturated rings. The van der Waals surface area contributed by atoms with Crippen LogP contribution < -0.4 is 5.32 Å². The number of nitrogens with zero attached hydrogens (tertiary/aromatic N) is 1. The van der Waals surface area contributed by atoms with E-state index < -0.39 is 5.54 Å². The van der Waals surface area contributed by atoms with E-state index in [4.69, 9.17) is 23.8 Å². The molecule has 1 atom stereocenters. The van der Waals surface area contributed by atoms with Gasteiger partial charge in [0.25, 0.3) is 0 Å². The van der Waals surface area contributed by atoms with Crippen molar-refractivity contribution in [3.63, 3.8) is 0 Å². The van der Waals surface area contributed by atoms with Gasteiger partial charge < -0.3 is 10.2 Å². The number of likely N-dealkylation sites (N-methyl/N-ethyl adjacent to an activating group) is 1. The Hall–Kier alpha value is -0.780. The van der Waals surface area contributed by atoms with Gasteiger partial charge in [-0.2, -0.15) is 11.8 Å². The van der Waals surface area contributed by atoms with E-state index in [1.54, 1.807) is 0 Å². The normalized spacial score (nSPS) is 20.7. The van der Waals surface area contributed by atoms with Gasteiger partial charge in [0.05, 0.1) is 0 Å².